The molecule has 0 saturated heterocycles. The Hall–Kier alpha value is -0.200. The lowest BCUT2D eigenvalue weighted by Crippen LogP contribution is -2.45. The van der Waals surface area contributed by atoms with E-state index in [2.05, 4.69) is 0 Å². The molecule has 0 aromatic rings. The SMILES string of the molecule is CC(C)CS(=O)(=O)N(CC(N)=S)C1CCCC1. The van der Waals surface area contributed by atoms with Crippen LogP contribution in [-0.4, -0.2) is 36.1 Å². The summed E-state index contributed by atoms with van der Waals surface area (Å²) in [7, 11) is -3.23. The third-order valence-corrected chi connectivity index (χ3v) is 5.30. The first-order chi connectivity index (χ1) is 7.83. The van der Waals surface area contributed by atoms with Crippen molar-refractivity contribution in [2.45, 2.75) is 45.6 Å². The predicted molar refractivity (Wildman–Crippen MR) is 74.4 cm³/mol. The molecule has 0 aromatic heterocycles. The van der Waals surface area contributed by atoms with E-state index < -0.39 is 10.0 Å². The topological polar surface area (TPSA) is 63.4 Å². The molecule has 0 amide bonds. The molecule has 1 aliphatic carbocycles. The summed E-state index contributed by atoms with van der Waals surface area (Å²) >= 11 is 4.86. The summed E-state index contributed by atoms with van der Waals surface area (Å²) in [6.07, 6.45) is 4.05. The van der Waals surface area contributed by atoms with Crippen LogP contribution in [0.1, 0.15) is 39.5 Å². The molecule has 1 aliphatic rings. The van der Waals surface area contributed by atoms with E-state index in [4.69, 9.17) is 18.0 Å². The summed E-state index contributed by atoms with van der Waals surface area (Å²) in [5.41, 5.74) is 5.51. The molecule has 1 fully saturated rings. The Bertz CT molecular complexity index is 360. The van der Waals surface area contributed by atoms with Gasteiger partial charge in [0.2, 0.25) is 10.0 Å². The monoisotopic (exact) mass is 278 g/mol. The molecule has 6 heteroatoms. The van der Waals surface area contributed by atoms with Gasteiger partial charge >= 0.3 is 0 Å². The van der Waals surface area contributed by atoms with Gasteiger partial charge in [-0.2, -0.15) is 4.31 Å². The highest BCUT2D eigenvalue weighted by molar-refractivity contribution is 7.89. The minimum absolute atomic E-state index is 0.0975. The van der Waals surface area contributed by atoms with Gasteiger partial charge in [0.25, 0.3) is 0 Å². The number of sulfonamides is 1. The average molecular weight is 278 g/mol. The van der Waals surface area contributed by atoms with Crippen LogP contribution in [0.25, 0.3) is 0 Å². The van der Waals surface area contributed by atoms with E-state index in [1.165, 1.54) is 4.31 Å². The van der Waals surface area contributed by atoms with Crippen LogP contribution in [0.3, 0.4) is 0 Å². The van der Waals surface area contributed by atoms with Crippen LogP contribution in [0.2, 0.25) is 0 Å². The van der Waals surface area contributed by atoms with Crippen LogP contribution in [-0.2, 0) is 10.0 Å². The summed E-state index contributed by atoms with van der Waals surface area (Å²) < 4.78 is 26.1. The van der Waals surface area contributed by atoms with Crippen molar-refractivity contribution in [3.05, 3.63) is 0 Å². The van der Waals surface area contributed by atoms with Crippen LogP contribution in [0.4, 0.5) is 0 Å². The highest BCUT2D eigenvalue weighted by Gasteiger charge is 2.32. The Labute approximate surface area is 110 Å². The lowest BCUT2D eigenvalue weighted by molar-refractivity contribution is 0.352. The minimum Gasteiger partial charge on any atom is -0.392 e. The van der Waals surface area contributed by atoms with Crippen molar-refractivity contribution >= 4 is 27.2 Å². The predicted octanol–water partition coefficient (Wildman–Crippen LogP) is 1.50. The van der Waals surface area contributed by atoms with Crippen molar-refractivity contribution < 1.29 is 8.42 Å². The fraction of sp³-hybridized carbons (Fsp3) is 0.909. The lowest BCUT2D eigenvalue weighted by atomic mass is 10.2. The van der Waals surface area contributed by atoms with E-state index in [1.54, 1.807) is 0 Å². The standard InChI is InChI=1S/C11H22N2O2S2/c1-9(2)8-17(14,15)13(7-11(12)16)10-5-3-4-6-10/h9-10H,3-8H2,1-2H3,(H2,12,16). The lowest BCUT2D eigenvalue weighted by Gasteiger charge is -2.28. The largest absolute Gasteiger partial charge is 0.392 e. The molecule has 0 aromatic carbocycles. The number of rotatable bonds is 6. The third kappa shape index (κ3) is 4.52. The van der Waals surface area contributed by atoms with E-state index in [9.17, 15) is 8.42 Å². The number of hydrogen-bond acceptors (Lipinski definition) is 3. The maximum atomic E-state index is 12.3. The fourth-order valence-corrected chi connectivity index (χ4v) is 4.57. The molecule has 4 nitrogen and oxygen atoms in total. The van der Waals surface area contributed by atoms with E-state index in [0.29, 0.717) is 0 Å². The van der Waals surface area contributed by atoms with Gasteiger partial charge in [-0.25, -0.2) is 8.42 Å². The second kappa shape index (κ2) is 6.11. The Balaban J connectivity index is 2.84. The van der Waals surface area contributed by atoms with Gasteiger partial charge in [-0.3, -0.25) is 0 Å². The summed E-state index contributed by atoms with van der Waals surface area (Å²) in [5, 5.41) is 0. The maximum absolute atomic E-state index is 12.3. The van der Waals surface area contributed by atoms with E-state index in [-0.39, 0.29) is 29.2 Å². The van der Waals surface area contributed by atoms with Crippen molar-refractivity contribution in [2.24, 2.45) is 11.7 Å². The molecule has 1 saturated carbocycles. The Morgan fingerprint density at radius 3 is 2.35 bits per heavy atom. The average Bonchev–Trinajstić information content (AvgIpc) is 2.63. The molecule has 0 spiro atoms. The quantitative estimate of drug-likeness (QED) is 0.748. The fourth-order valence-electron chi connectivity index (χ4n) is 2.32. The zero-order valence-electron chi connectivity index (χ0n) is 10.6. The summed E-state index contributed by atoms with van der Waals surface area (Å²) in [4.78, 5) is 0.254. The molecule has 1 rings (SSSR count). The summed E-state index contributed by atoms with van der Waals surface area (Å²) in [5.74, 6) is 0.293. The Morgan fingerprint density at radius 1 is 1.41 bits per heavy atom. The van der Waals surface area contributed by atoms with Crippen LogP contribution in [0.5, 0.6) is 0 Å². The molecule has 0 aliphatic heterocycles. The second-order valence-corrected chi connectivity index (χ2v) is 7.61. The van der Waals surface area contributed by atoms with Gasteiger partial charge in [0.1, 0.15) is 0 Å². The zero-order chi connectivity index (χ0) is 13.1. The van der Waals surface area contributed by atoms with Gasteiger partial charge in [0, 0.05) is 6.04 Å². The number of nitrogens with zero attached hydrogens (tertiary/aromatic N) is 1. The minimum atomic E-state index is -3.23. The van der Waals surface area contributed by atoms with E-state index >= 15 is 0 Å². The van der Waals surface area contributed by atoms with Gasteiger partial charge < -0.3 is 5.73 Å². The van der Waals surface area contributed by atoms with Crippen molar-refractivity contribution in [3.8, 4) is 0 Å². The normalized spacial score (nSPS) is 18.1. The molecular formula is C11H22N2O2S2. The van der Waals surface area contributed by atoms with Gasteiger partial charge in [-0.05, 0) is 18.8 Å². The van der Waals surface area contributed by atoms with Crippen LogP contribution in [0, 0.1) is 5.92 Å². The molecular weight excluding hydrogens is 256 g/mol. The highest BCUT2D eigenvalue weighted by Crippen LogP contribution is 2.26. The molecule has 100 valence electrons. The van der Waals surface area contributed by atoms with Crippen molar-refractivity contribution in [1.82, 2.24) is 4.31 Å². The molecule has 0 bridgehead atoms. The molecule has 0 atom stereocenters. The highest BCUT2D eigenvalue weighted by atomic mass is 32.2. The number of nitrogens with two attached hydrogens (primary N) is 1. The van der Waals surface area contributed by atoms with Crippen molar-refractivity contribution in [2.75, 3.05) is 12.3 Å². The first-order valence-corrected chi connectivity index (χ1v) is 8.12. The zero-order valence-corrected chi connectivity index (χ0v) is 12.2. The van der Waals surface area contributed by atoms with Crippen LogP contribution in [0.15, 0.2) is 0 Å². The van der Waals surface area contributed by atoms with Gasteiger partial charge in [-0.15, -0.1) is 0 Å². The Morgan fingerprint density at radius 2 is 1.94 bits per heavy atom. The first kappa shape index (κ1) is 14.9. The van der Waals surface area contributed by atoms with E-state index in [0.717, 1.165) is 25.7 Å². The maximum Gasteiger partial charge on any atom is 0.214 e. The second-order valence-electron chi connectivity index (χ2n) is 5.12. The molecule has 0 unspecified atom stereocenters. The Kier molecular flexibility index (Phi) is 5.34. The van der Waals surface area contributed by atoms with Gasteiger partial charge in [-0.1, -0.05) is 38.9 Å². The van der Waals surface area contributed by atoms with E-state index in [1.807, 2.05) is 13.8 Å². The van der Waals surface area contributed by atoms with Gasteiger partial charge in [0.05, 0.1) is 17.3 Å². The van der Waals surface area contributed by atoms with Crippen LogP contribution >= 0.6 is 12.2 Å². The summed E-state index contributed by atoms with van der Waals surface area (Å²) in [6, 6.07) is 0.0975. The van der Waals surface area contributed by atoms with Crippen molar-refractivity contribution in [1.29, 1.82) is 0 Å². The number of thiocarbonyl (C=S) groups is 1. The number of hydrogen-bond donors (Lipinski definition) is 1. The van der Waals surface area contributed by atoms with Crippen LogP contribution < -0.4 is 5.73 Å². The molecule has 2 N–H and O–H groups in total. The molecule has 17 heavy (non-hydrogen) atoms. The van der Waals surface area contributed by atoms with Crippen molar-refractivity contribution in [3.63, 3.8) is 0 Å². The third-order valence-electron chi connectivity index (χ3n) is 2.94. The van der Waals surface area contributed by atoms with Gasteiger partial charge in [0.15, 0.2) is 0 Å². The summed E-state index contributed by atoms with van der Waals surface area (Å²) in [6.45, 7) is 4.01. The first-order valence-electron chi connectivity index (χ1n) is 6.10. The molecule has 0 radical (unpaired) electrons. The smallest absolute Gasteiger partial charge is 0.214 e. The molecule has 0 heterocycles.